The highest BCUT2D eigenvalue weighted by Gasteiger charge is 2.11. The molecule has 114 valence electrons. The van der Waals surface area contributed by atoms with E-state index < -0.39 is 0 Å². The molecular weight excluding hydrogens is 264 g/mol. The number of methoxy groups -OCH3 is 1. The van der Waals surface area contributed by atoms with Gasteiger partial charge in [-0.2, -0.15) is 0 Å². The highest BCUT2D eigenvalue weighted by atomic mass is 16.5. The predicted octanol–water partition coefficient (Wildman–Crippen LogP) is 3.23. The van der Waals surface area contributed by atoms with Crippen molar-refractivity contribution in [3.63, 3.8) is 0 Å². The van der Waals surface area contributed by atoms with Gasteiger partial charge in [0.1, 0.15) is 18.1 Å². The monoisotopic (exact) mass is 288 g/mol. The molecule has 0 aliphatic carbocycles. The zero-order chi connectivity index (χ0) is 15.2. The fourth-order valence-electron chi connectivity index (χ4n) is 2.12. The van der Waals surface area contributed by atoms with Gasteiger partial charge in [-0.15, -0.1) is 0 Å². The zero-order valence-corrected chi connectivity index (χ0v) is 13.0. The second-order valence-electron chi connectivity index (χ2n) is 5.48. The molecule has 0 aliphatic heterocycles. The molecule has 2 aromatic rings. The van der Waals surface area contributed by atoms with Gasteiger partial charge in [-0.25, -0.2) is 0 Å². The average Bonchev–Trinajstić information content (AvgIpc) is 2.96. The molecule has 4 heteroatoms. The number of ether oxygens (including phenoxy) is 2. The number of nitrogens with zero attached hydrogens (tertiary/aromatic N) is 1. The Morgan fingerprint density at radius 2 is 1.76 bits per heavy atom. The molecule has 0 saturated heterocycles. The minimum Gasteiger partial charge on any atom is -0.497 e. The van der Waals surface area contributed by atoms with Crippen LogP contribution in [0.2, 0.25) is 0 Å². The molecule has 1 aromatic carbocycles. The SMILES string of the molecule is COc1ccc(OCCn2ccc(C(N)C(C)C)c2)cc1. The summed E-state index contributed by atoms with van der Waals surface area (Å²) in [7, 11) is 1.65. The molecule has 2 N–H and O–H groups in total. The first-order valence-electron chi connectivity index (χ1n) is 7.28. The number of hydrogen-bond acceptors (Lipinski definition) is 3. The highest BCUT2D eigenvalue weighted by molar-refractivity contribution is 5.31. The van der Waals surface area contributed by atoms with E-state index in [-0.39, 0.29) is 6.04 Å². The van der Waals surface area contributed by atoms with Gasteiger partial charge in [0.25, 0.3) is 0 Å². The Hall–Kier alpha value is -1.94. The summed E-state index contributed by atoms with van der Waals surface area (Å²) in [5.74, 6) is 2.12. The van der Waals surface area contributed by atoms with Crippen LogP contribution in [0.4, 0.5) is 0 Å². The van der Waals surface area contributed by atoms with Crippen LogP contribution in [0.5, 0.6) is 11.5 Å². The molecule has 21 heavy (non-hydrogen) atoms. The molecule has 0 fully saturated rings. The van der Waals surface area contributed by atoms with Crippen LogP contribution in [-0.4, -0.2) is 18.3 Å². The Kier molecular flexibility index (Phi) is 5.28. The van der Waals surface area contributed by atoms with Gasteiger partial charge in [-0.05, 0) is 41.8 Å². The molecule has 0 saturated carbocycles. The fraction of sp³-hybridized carbons (Fsp3) is 0.412. The normalized spacial score (nSPS) is 12.4. The van der Waals surface area contributed by atoms with Crippen LogP contribution in [0.3, 0.4) is 0 Å². The van der Waals surface area contributed by atoms with Crippen LogP contribution in [0.25, 0.3) is 0 Å². The largest absolute Gasteiger partial charge is 0.497 e. The van der Waals surface area contributed by atoms with Crippen molar-refractivity contribution in [3.05, 3.63) is 48.3 Å². The summed E-state index contributed by atoms with van der Waals surface area (Å²) in [5.41, 5.74) is 7.32. The van der Waals surface area contributed by atoms with Crippen molar-refractivity contribution in [1.82, 2.24) is 4.57 Å². The lowest BCUT2D eigenvalue weighted by molar-refractivity contribution is 0.298. The van der Waals surface area contributed by atoms with Crippen molar-refractivity contribution in [1.29, 1.82) is 0 Å². The van der Waals surface area contributed by atoms with Crippen LogP contribution >= 0.6 is 0 Å². The van der Waals surface area contributed by atoms with Crippen molar-refractivity contribution >= 4 is 0 Å². The minimum absolute atomic E-state index is 0.0914. The standard InChI is InChI=1S/C17H24N2O2/c1-13(2)17(18)14-8-9-19(12-14)10-11-21-16-6-4-15(20-3)5-7-16/h4-9,12-13,17H,10-11,18H2,1-3H3. The van der Waals surface area contributed by atoms with Gasteiger partial charge in [0.2, 0.25) is 0 Å². The molecule has 2 rings (SSSR count). The van der Waals surface area contributed by atoms with Gasteiger partial charge >= 0.3 is 0 Å². The van der Waals surface area contributed by atoms with Crippen LogP contribution < -0.4 is 15.2 Å². The van der Waals surface area contributed by atoms with Crippen molar-refractivity contribution in [3.8, 4) is 11.5 Å². The predicted molar refractivity (Wildman–Crippen MR) is 84.7 cm³/mol. The molecule has 0 aliphatic rings. The molecule has 0 bridgehead atoms. The van der Waals surface area contributed by atoms with Crippen LogP contribution in [-0.2, 0) is 6.54 Å². The lowest BCUT2D eigenvalue weighted by atomic mass is 10.00. The maximum atomic E-state index is 6.14. The van der Waals surface area contributed by atoms with Gasteiger partial charge in [-0.1, -0.05) is 13.8 Å². The molecule has 1 atom stereocenters. The first kappa shape index (κ1) is 15.4. The Bertz CT molecular complexity index is 546. The van der Waals surface area contributed by atoms with Crippen LogP contribution in [0.1, 0.15) is 25.5 Å². The van der Waals surface area contributed by atoms with E-state index in [2.05, 4.69) is 36.9 Å². The second kappa shape index (κ2) is 7.18. The summed E-state index contributed by atoms with van der Waals surface area (Å²) >= 11 is 0. The van der Waals surface area contributed by atoms with Gasteiger partial charge in [0.05, 0.1) is 13.7 Å². The van der Waals surface area contributed by atoms with E-state index in [9.17, 15) is 0 Å². The molecule has 0 spiro atoms. The average molecular weight is 288 g/mol. The van der Waals surface area contributed by atoms with Gasteiger partial charge < -0.3 is 19.8 Å². The first-order valence-corrected chi connectivity index (χ1v) is 7.28. The summed E-state index contributed by atoms with van der Waals surface area (Å²) < 4.78 is 12.9. The lowest BCUT2D eigenvalue weighted by Gasteiger charge is -2.13. The smallest absolute Gasteiger partial charge is 0.119 e. The molecule has 4 nitrogen and oxygen atoms in total. The second-order valence-corrected chi connectivity index (χ2v) is 5.48. The number of nitrogens with two attached hydrogens (primary N) is 1. The number of benzene rings is 1. The van der Waals surface area contributed by atoms with E-state index in [1.54, 1.807) is 7.11 Å². The van der Waals surface area contributed by atoms with E-state index in [0.717, 1.165) is 18.0 Å². The third-order valence-corrected chi connectivity index (χ3v) is 3.55. The Balaban J connectivity index is 1.83. The van der Waals surface area contributed by atoms with Gasteiger partial charge in [0.15, 0.2) is 0 Å². The maximum Gasteiger partial charge on any atom is 0.119 e. The third kappa shape index (κ3) is 4.26. The lowest BCUT2D eigenvalue weighted by Crippen LogP contribution is -2.16. The summed E-state index contributed by atoms with van der Waals surface area (Å²) in [4.78, 5) is 0. The summed E-state index contributed by atoms with van der Waals surface area (Å²) in [6.45, 7) is 5.69. The highest BCUT2D eigenvalue weighted by Crippen LogP contribution is 2.19. The first-order chi connectivity index (χ1) is 10.1. The molecule has 0 amide bonds. The van der Waals surface area contributed by atoms with Crippen molar-refractivity contribution in [2.45, 2.75) is 26.4 Å². The van der Waals surface area contributed by atoms with Gasteiger partial charge in [0, 0.05) is 18.4 Å². The molecular formula is C17H24N2O2. The van der Waals surface area contributed by atoms with Crippen molar-refractivity contribution in [2.24, 2.45) is 11.7 Å². The van der Waals surface area contributed by atoms with Crippen molar-refractivity contribution < 1.29 is 9.47 Å². The molecule has 1 aromatic heterocycles. The van der Waals surface area contributed by atoms with E-state index in [1.165, 1.54) is 5.56 Å². The van der Waals surface area contributed by atoms with Crippen LogP contribution in [0, 0.1) is 5.92 Å². The quantitative estimate of drug-likeness (QED) is 0.851. The van der Waals surface area contributed by atoms with Gasteiger partial charge in [-0.3, -0.25) is 0 Å². The summed E-state index contributed by atoms with van der Waals surface area (Å²) in [6.07, 6.45) is 4.15. The van der Waals surface area contributed by atoms with E-state index >= 15 is 0 Å². The Morgan fingerprint density at radius 1 is 1.10 bits per heavy atom. The van der Waals surface area contributed by atoms with E-state index in [4.69, 9.17) is 15.2 Å². The summed E-state index contributed by atoms with van der Waals surface area (Å²) in [6, 6.07) is 9.78. The topological polar surface area (TPSA) is 49.4 Å². The summed E-state index contributed by atoms with van der Waals surface area (Å²) in [5, 5.41) is 0. The Morgan fingerprint density at radius 3 is 2.38 bits per heavy atom. The zero-order valence-electron chi connectivity index (χ0n) is 13.0. The Labute approximate surface area is 126 Å². The fourth-order valence-corrected chi connectivity index (χ4v) is 2.12. The molecule has 1 unspecified atom stereocenters. The number of rotatable bonds is 7. The number of hydrogen-bond donors (Lipinski definition) is 1. The van der Waals surface area contributed by atoms with E-state index in [0.29, 0.717) is 12.5 Å². The van der Waals surface area contributed by atoms with Crippen molar-refractivity contribution in [2.75, 3.05) is 13.7 Å². The maximum absolute atomic E-state index is 6.14. The van der Waals surface area contributed by atoms with Crippen LogP contribution in [0.15, 0.2) is 42.7 Å². The minimum atomic E-state index is 0.0914. The third-order valence-electron chi connectivity index (χ3n) is 3.55. The van der Waals surface area contributed by atoms with E-state index in [1.807, 2.05) is 24.3 Å². The molecule has 0 radical (unpaired) electrons. The molecule has 1 heterocycles. The number of aromatic nitrogens is 1.